The van der Waals surface area contributed by atoms with Gasteiger partial charge < -0.3 is 5.32 Å². The van der Waals surface area contributed by atoms with Crippen LogP contribution >= 0.6 is 0 Å². The van der Waals surface area contributed by atoms with Gasteiger partial charge in [0, 0.05) is 6.04 Å². The zero-order valence-corrected chi connectivity index (χ0v) is 10.3. The molecule has 0 saturated heterocycles. The second-order valence-corrected chi connectivity index (χ2v) is 5.67. The average molecular weight is 197 g/mol. The summed E-state index contributed by atoms with van der Waals surface area (Å²) in [5.74, 6) is 2.63. The molecule has 1 rings (SSSR count). The molecule has 0 aromatic heterocycles. The molecule has 1 fully saturated rings. The number of hydrogen-bond donors (Lipinski definition) is 1. The van der Waals surface area contributed by atoms with E-state index in [1.807, 2.05) is 0 Å². The molecule has 2 atom stereocenters. The minimum atomic E-state index is 0.787. The van der Waals surface area contributed by atoms with Gasteiger partial charge in [0.1, 0.15) is 0 Å². The molecule has 14 heavy (non-hydrogen) atoms. The third kappa shape index (κ3) is 4.00. The van der Waals surface area contributed by atoms with E-state index in [1.54, 1.807) is 0 Å². The van der Waals surface area contributed by atoms with Crippen molar-refractivity contribution in [2.75, 3.05) is 6.54 Å². The van der Waals surface area contributed by atoms with Crippen molar-refractivity contribution >= 4 is 0 Å². The Morgan fingerprint density at radius 3 is 2.43 bits per heavy atom. The van der Waals surface area contributed by atoms with Crippen molar-refractivity contribution in [3.8, 4) is 0 Å². The SMILES string of the molecule is CC(C)CNC1CCCC(C(C)C)C1. The minimum absolute atomic E-state index is 0.787. The van der Waals surface area contributed by atoms with Crippen molar-refractivity contribution in [2.45, 2.75) is 59.4 Å². The van der Waals surface area contributed by atoms with E-state index in [0.29, 0.717) is 0 Å². The maximum atomic E-state index is 3.71. The van der Waals surface area contributed by atoms with Crippen molar-refractivity contribution in [1.29, 1.82) is 0 Å². The Kier molecular flexibility index (Phi) is 4.94. The van der Waals surface area contributed by atoms with E-state index in [4.69, 9.17) is 0 Å². The highest BCUT2D eigenvalue weighted by atomic mass is 14.9. The van der Waals surface area contributed by atoms with E-state index < -0.39 is 0 Å². The largest absolute Gasteiger partial charge is 0.314 e. The molecule has 0 amide bonds. The van der Waals surface area contributed by atoms with Gasteiger partial charge in [0.15, 0.2) is 0 Å². The molecule has 1 aliphatic rings. The molecule has 1 heteroatoms. The zero-order chi connectivity index (χ0) is 10.6. The summed E-state index contributed by atoms with van der Waals surface area (Å²) in [5.41, 5.74) is 0. The summed E-state index contributed by atoms with van der Waals surface area (Å²) in [5, 5.41) is 3.71. The highest BCUT2D eigenvalue weighted by Gasteiger charge is 2.23. The van der Waals surface area contributed by atoms with Crippen molar-refractivity contribution in [2.24, 2.45) is 17.8 Å². The Balaban J connectivity index is 2.25. The van der Waals surface area contributed by atoms with Crippen LogP contribution < -0.4 is 5.32 Å². The smallest absolute Gasteiger partial charge is 0.00699 e. The van der Waals surface area contributed by atoms with E-state index >= 15 is 0 Å². The van der Waals surface area contributed by atoms with Crippen LogP contribution in [0.2, 0.25) is 0 Å². The van der Waals surface area contributed by atoms with E-state index in [0.717, 1.165) is 23.8 Å². The molecular formula is C13H27N. The molecule has 1 nitrogen and oxygen atoms in total. The van der Waals surface area contributed by atoms with E-state index in [2.05, 4.69) is 33.0 Å². The fourth-order valence-corrected chi connectivity index (χ4v) is 2.42. The zero-order valence-electron chi connectivity index (χ0n) is 10.3. The number of rotatable bonds is 4. The quantitative estimate of drug-likeness (QED) is 0.728. The van der Waals surface area contributed by atoms with Crippen LogP contribution in [0.5, 0.6) is 0 Å². The van der Waals surface area contributed by atoms with Crippen LogP contribution in [-0.2, 0) is 0 Å². The molecule has 1 aliphatic carbocycles. The Bertz CT molecular complexity index is 151. The van der Waals surface area contributed by atoms with Gasteiger partial charge in [-0.05, 0) is 37.1 Å². The summed E-state index contributed by atoms with van der Waals surface area (Å²) in [4.78, 5) is 0. The van der Waals surface area contributed by atoms with Crippen LogP contribution in [0.15, 0.2) is 0 Å². The van der Waals surface area contributed by atoms with Gasteiger partial charge in [0.25, 0.3) is 0 Å². The first-order chi connectivity index (χ1) is 6.59. The first-order valence-electron chi connectivity index (χ1n) is 6.33. The molecule has 0 radical (unpaired) electrons. The lowest BCUT2D eigenvalue weighted by Gasteiger charge is -2.32. The average Bonchev–Trinajstić information content (AvgIpc) is 2.15. The third-order valence-electron chi connectivity index (χ3n) is 3.47. The normalized spacial score (nSPS) is 28.7. The summed E-state index contributed by atoms with van der Waals surface area (Å²) >= 11 is 0. The van der Waals surface area contributed by atoms with E-state index in [1.165, 1.54) is 32.2 Å². The molecule has 0 aliphatic heterocycles. The second-order valence-electron chi connectivity index (χ2n) is 5.67. The predicted molar refractivity (Wildman–Crippen MR) is 63.4 cm³/mol. The van der Waals surface area contributed by atoms with Crippen LogP contribution in [-0.4, -0.2) is 12.6 Å². The fourth-order valence-electron chi connectivity index (χ4n) is 2.42. The van der Waals surface area contributed by atoms with Gasteiger partial charge in [-0.2, -0.15) is 0 Å². The van der Waals surface area contributed by atoms with Crippen molar-refractivity contribution in [1.82, 2.24) is 5.32 Å². The Morgan fingerprint density at radius 2 is 1.86 bits per heavy atom. The lowest BCUT2D eigenvalue weighted by atomic mass is 9.79. The molecule has 84 valence electrons. The van der Waals surface area contributed by atoms with Gasteiger partial charge in [-0.1, -0.05) is 40.5 Å². The Hall–Kier alpha value is -0.0400. The molecule has 0 aromatic carbocycles. The summed E-state index contributed by atoms with van der Waals surface area (Å²) in [6, 6.07) is 0.804. The summed E-state index contributed by atoms with van der Waals surface area (Å²) in [7, 11) is 0. The van der Waals surface area contributed by atoms with Crippen molar-refractivity contribution in [3.05, 3.63) is 0 Å². The molecule has 0 spiro atoms. The lowest BCUT2D eigenvalue weighted by molar-refractivity contribution is 0.228. The summed E-state index contributed by atoms with van der Waals surface area (Å²) in [6.07, 6.45) is 5.69. The van der Waals surface area contributed by atoms with Gasteiger partial charge >= 0.3 is 0 Å². The topological polar surface area (TPSA) is 12.0 Å². The summed E-state index contributed by atoms with van der Waals surface area (Å²) in [6.45, 7) is 10.5. The number of hydrogen-bond acceptors (Lipinski definition) is 1. The van der Waals surface area contributed by atoms with Crippen LogP contribution in [0.4, 0.5) is 0 Å². The van der Waals surface area contributed by atoms with Gasteiger partial charge in [0.05, 0.1) is 0 Å². The van der Waals surface area contributed by atoms with Crippen molar-refractivity contribution < 1.29 is 0 Å². The van der Waals surface area contributed by atoms with Crippen LogP contribution in [0.25, 0.3) is 0 Å². The van der Waals surface area contributed by atoms with Gasteiger partial charge in [-0.25, -0.2) is 0 Å². The monoisotopic (exact) mass is 197 g/mol. The Labute approximate surface area is 89.7 Å². The van der Waals surface area contributed by atoms with Crippen LogP contribution in [0.3, 0.4) is 0 Å². The maximum Gasteiger partial charge on any atom is 0.00699 e. The second kappa shape index (κ2) is 5.75. The highest BCUT2D eigenvalue weighted by molar-refractivity contribution is 4.79. The number of nitrogens with one attached hydrogen (secondary N) is 1. The van der Waals surface area contributed by atoms with Gasteiger partial charge in [0.2, 0.25) is 0 Å². The van der Waals surface area contributed by atoms with Gasteiger partial charge in [-0.15, -0.1) is 0 Å². The molecule has 0 heterocycles. The third-order valence-corrected chi connectivity index (χ3v) is 3.47. The van der Waals surface area contributed by atoms with Crippen LogP contribution in [0.1, 0.15) is 53.4 Å². The first kappa shape index (κ1) is 12.0. The van der Waals surface area contributed by atoms with E-state index in [9.17, 15) is 0 Å². The molecule has 0 bridgehead atoms. The van der Waals surface area contributed by atoms with Crippen molar-refractivity contribution in [3.63, 3.8) is 0 Å². The van der Waals surface area contributed by atoms with Gasteiger partial charge in [-0.3, -0.25) is 0 Å². The highest BCUT2D eigenvalue weighted by Crippen LogP contribution is 2.29. The predicted octanol–water partition coefficient (Wildman–Crippen LogP) is 3.45. The fraction of sp³-hybridized carbons (Fsp3) is 1.00. The summed E-state index contributed by atoms with van der Waals surface area (Å²) < 4.78 is 0. The standard InChI is InChI=1S/C13H27N/c1-10(2)9-14-13-7-5-6-12(8-13)11(3)4/h10-14H,5-9H2,1-4H3. The molecular weight excluding hydrogens is 170 g/mol. The molecule has 2 unspecified atom stereocenters. The Morgan fingerprint density at radius 1 is 1.14 bits per heavy atom. The van der Waals surface area contributed by atoms with Crippen LogP contribution in [0, 0.1) is 17.8 Å². The minimum Gasteiger partial charge on any atom is -0.314 e. The molecule has 1 N–H and O–H groups in total. The first-order valence-corrected chi connectivity index (χ1v) is 6.33. The maximum absolute atomic E-state index is 3.71. The molecule has 0 aromatic rings. The lowest BCUT2D eigenvalue weighted by Crippen LogP contribution is -2.37. The van der Waals surface area contributed by atoms with E-state index in [-0.39, 0.29) is 0 Å². The molecule has 1 saturated carbocycles.